The number of likely N-dealkylation sites (N-methyl/N-ethyl adjacent to an activating group) is 1. The summed E-state index contributed by atoms with van der Waals surface area (Å²) in [5.74, 6) is 0.205. The molecular formula is C13H25N3O. The molecule has 2 N–H and O–H groups in total. The Hall–Kier alpha value is -0.610. The Morgan fingerprint density at radius 1 is 1.35 bits per heavy atom. The lowest BCUT2D eigenvalue weighted by atomic mass is 9.93. The maximum Gasteiger partial charge on any atom is 0.237 e. The highest BCUT2D eigenvalue weighted by Gasteiger charge is 2.34. The van der Waals surface area contributed by atoms with Crippen molar-refractivity contribution in [2.24, 2.45) is 0 Å². The molecule has 2 rings (SSSR count). The highest BCUT2D eigenvalue weighted by Crippen LogP contribution is 2.25. The molecule has 0 aromatic carbocycles. The molecule has 0 radical (unpaired) electrons. The molecule has 0 bridgehead atoms. The van der Waals surface area contributed by atoms with Gasteiger partial charge in [0.2, 0.25) is 5.91 Å². The average Bonchev–Trinajstić information content (AvgIpc) is 2.38. The average molecular weight is 239 g/mol. The minimum atomic E-state index is 0.115. The third-order valence-corrected chi connectivity index (χ3v) is 4.16. The predicted octanol–water partition coefficient (Wildman–Crippen LogP) is 0.727. The summed E-state index contributed by atoms with van der Waals surface area (Å²) in [6.45, 7) is 4.42. The second-order valence-corrected chi connectivity index (χ2v) is 5.40. The molecule has 3 unspecified atom stereocenters. The summed E-state index contributed by atoms with van der Waals surface area (Å²) in [6, 6.07) is 1.29. The van der Waals surface area contributed by atoms with Gasteiger partial charge in [-0.3, -0.25) is 9.69 Å². The Morgan fingerprint density at radius 3 is 2.88 bits per heavy atom. The highest BCUT2D eigenvalue weighted by atomic mass is 16.2. The molecule has 3 atom stereocenters. The summed E-state index contributed by atoms with van der Waals surface area (Å²) in [7, 11) is 1.75. The van der Waals surface area contributed by atoms with Gasteiger partial charge < -0.3 is 10.6 Å². The van der Waals surface area contributed by atoms with E-state index in [4.69, 9.17) is 0 Å². The molecule has 4 nitrogen and oxygen atoms in total. The van der Waals surface area contributed by atoms with Crippen LogP contribution < -0.4 is 10.6 Å². The lowest BCUT2D eigenvalue weighted by molar-refractivity contribution is -0.128. The first-order chi connectivity index (χ1) is 8.22. The van der Waals surface area contributed by atoms with Gasteiger partial charge >= 0.3 is 0 Å². The molecule has 2 heterocycles. The number of nitrogens with one attached hydrogen (secondary N) is 2. The van der Waals surface area contributed by atoms with Crippen LogP contribution in [0.15, 0.2) is 0 Å². The molecule has 2 fully saturated rings. The van der Waals surface area contributed by atoms with E-state index in [2.05, 4.69) is 22.5 Å². The van der Waals surface area contributed by atoms with E-state index in [1.54, 1.807) is 7.05 Å². The van der Waals surface area contributed by atoms with E-state index in [0.717, 1.165) is 19.5 Å². The fourth-order valence-electron chi connectivity index (χ4n) is 3.25. The fraction of sp³-hybridized carbons (Fsp3) is 0.923. The molecule has 2 saturated heterocycles. The van der Waals surface area contributed by atoms with Gasteiger partial charge in [0.15, 0.2) is 0 Å². The molecule has 0 saturated carbocycles. The first-order valence-corrected chi connectivity index (χ1v) is 6.93. The van der Waals surface area contributed by atoms with Crippen molar-refractivity contribution in [1.82, 2.24) is 15.5 Å². The van der Waals surface area contributed by atoms with Crippen molar-refractivity contribution in [3.8, 4) is 0 Å². The van der Waals surface area contributed by atoms with E-state index in [1.807, 2.05) is 0 Å². The Labute approximate surface area is 104 Å². The minimum absolute atomic E-state index is 0.115. The van der Waals surface area contributed by atoms with Gasteiger partial charge in [-0.1, -0.05) is 6.42 Å². The second kappa shape index (κ2) is 5.83. The van der Waals surface area contributed by atoms with E-state index < -0.39 is 0 Å². The summed E-state index contributed by atoms with van der Waals surface area (Å²) in [4.78, 5) is 14.4. The van der Waals surface area contributed by atoms with Crippen molar-refractivity contribution < 1.29 is 4.79 Å². The molecule has 4 heteroatoms. The zero-order chi connectivity index (χ0) is 12.3. The largest absolute Gasteiger partial charge is 0.358 e. The third-order valence-electron chi connectivity index (χ3n) is 4.16. The Morgan fingerprint density at radius 2 is 2.18 bits per heavy atom. The number of carbonyl (C=O) groups excluding carboxylic acids is 1. The van der Waals surface area contributed by atoms with Gasteiger partial charge in [0.1, 0.15) is 0 Å². The molecular weight excluding hydrogens is 214 g/mol. The fourth-order valence-corrected chi connectivity index (χ4v) is 3.25. The van der Waals surface area contributed by atoms with Crippen molar-refractivity contribution in [1.29, 1.82) is 0 Å². The zero-order valence-corrected chi connectivity index (χ0v) is 11.0. The van der Waals surface area contributed by atoms with Crippen LogP contribution in [0, 0.1) is 0 Å². The minimum Gasteiger partial charge on any atom is -0.358 e. The quantitative estimate of drug-likeness (QED) is 0.746. The summed E-state index contributed by atoms with van der Waals surface area (Å²) < 4.78 is 0. The molecule has 98 valence electrons. The molecule has 0 spiro atoms. The molecule has 0 aromatic rings. The molecule has 2 aliphatic heterocycles. The van der Waals surface area contributed by atoms with Crippen LogP contribution in [0.25, 0.3) is 0 Å². The number of hydrogen-bond donors (Lipinski definition) is 2. The number of likely N-dealkylation sites (tertiary alicyclic amines) is 1. The van der Waals surface area contributed by atoms with Crippen LogP contribution in [0.5, 0.6) is 0 Å². The normalized spacial score (nSPS) is 35.5. The molecule has 17 heavy (non-hydrogen) atoms. The van der Waals surface area contributed by atoms with Gasteiger partial charge in [0.05, 0.1) is 6.04 Å². The van der Waals surface area contributed by atoms with Gasteiger partial charge in [-0.05, 0) is 45.7 Å². The number of piperidine rings is 2. The number of amides is 1. The van der Waals surface area contributed by atoms with Crippen molar-refractivity contribution in [2.75, 3.05) is 20.1 Å². The van der Waals surface area contributed by atoms with Crippen molar-refractivity contribution in [3.05, 3.63) is 0 Å². The topological polar surface area (TPSA) is 44.4 Å². The van der Waals surface area contributed by atoms with E-state index in [-0.39, 0.29) is 11.9 Å². The predicted molar refractivity (Wildman–Crippen MR) is 68.9 cm³/mol. The van der Waals surface area contributed by atoms with Crippen LogP contribution in [-0.4, -0.2) is 49.1 Å². The number of rotatable bonds is 2. The van der Waals surface area contributed by atoms with Gasteiger partial charge in [-0.15, -0.1) is 0 Å². The van der Waals surface area contributed by atoms with Crippen LogP contribution >= 0.6 is 0 Å². The highest BCUT2D eigenvalue weighted by molar-refractivity contribution is 5.81. The molecule has 0 aromatic heterocycles. The Kier molecular flexibility index (Phi) is 4.40. The number of carbonyl (C=O) groups is 1. The third kappa shape index (κ3) is 2.99. The van der Waals surface area contributed by atoms with Crippen molar-refractivity contribution in [3.63, 3.8) is 0 Å². The van der Waals surface area contributed by atoms with Crippen molar-refractivity contribution >= 4 is 5.91 Å². The number of hydrogen-bond acceptors (Lipinski definition) is 3. The van der Waals surface area contributed by atoms with E-state index in [9.17, 15) is 4.79 Å². The maximum atomic E-state index is 11.9. The van der Waals surface area contributed by atoms with E-state index in [0.29, 0.717) is 12.1 Å². The zero-order valence-electron chi connectivity index (χ0n) is 11.0. The van der Waals surface area contributed by atoms with Crippen LogP contribution in [-0.2, 0) is 4.79 Å². The second-order valence-electron chi connectivity index (χ2n) is 5.40. The Bertz CT molecular complexity index is 269. The first-order valence-electron chi connectivity index (χ1n) is 6.93. The van der Waals surface area contributed by atoms with E-state index in [1.165, 1.54) is 25.7 Å². The SMILES string of the molecule is CNC(=O)C1CCCCN1C1CCNC(C)C1. The standard InChI is InChI=1S/C13H25N3O/c1-10-9-11(6-7-15-10)16-8-4-3-5-12(16)13(17)14-2/h10-12,15H,3-9H2,1-2H3,(H,14,17). The summed E-state index contributed by atoms with van der Waals surface area (Å²) in [5.41, 5.74) is 0. The smallest absolute Gasteiger partial charge is 0.237 e. The van der Waals surface area contributed by atoms with Crippen LogP contribution in [0.1, 0.15) is 39.0 Å². The van der Waals surface area contributed by atoms with Gasteiger partial charge in [-0.25, -0.2) is 0 Å². The van der Waals surface area contributed by atoms with Crippen LogP contribution in [0.4, 0.5) is 0 Å². The van der Waals surface area contributed by atoms with Crippen LogP contribution in [0.3, 0.4) is 0 Å². The maximum absolute atomic E-state index is 11.9. The number of nitrogens with zero attached hydrogens (tertiary/aromatic N) is 1. The van der Waals surface area contributed by atoms with Crippen molar-refractivity contribution in [2.45, 2.75) is 57.2 Å². The molecule has 1 amide bonds. The van der Waals surface area contributed by atoms with Gasteiger partial charge in [-0.2, -0.15) is 0 Å². The van der Waals surface area contributed by atoms with Gasteiger partial charge in [0.25, 0.3) is 0 Å². The molecule has 2 aliphatic rings. The van der Waals surface area contributed by atoms with E-state index >= 15 is 0 Å². The summed E-state index contributed by atoms with van der Waals surface area (Å²) >= 11 is 0. The first kappa shape index (κ1) is 12.8. The Balaban J connectivity index is 2.02. The lowest BCUT2D eigenvalue weighted by Crippen LogP contribution is -2.56. The summed E-state index contributed by atoms with van der Waals surface area (Å²) in [6.07, 6.45) is 5.81. The molecule has 0 aliphatic carbocycles. The lowest BCUT2D eigenvalue weighted by Gasteiger charge is -2.43. The summed E-state index contributed by atoms with van der Waals surface area (Å²) in [5, 5.41) is 6.30. The van der Waals surface area contributed by atoms with Crippen LogP contribution in [0.2, 0.25) is 0 Å². The van der Waals surface area contributed by atoms with Gasteiger partial charge in [0, 0.05) is 19.1 Å². The monoisotopic (exact) mass is 239 g/mol.